The van der Waals surface area contributed by atoms with Crippen molar-refractivity contribution in [3.8, 4) is 0 Å². The van der Waals surface area contributed by atoms with Crippen molar-refractivity contribution in [1.82, 2.24) is 0 Å². The predicted molar refractivity (Wildman–Crippen MR) is 58.1 cm³/mol. The molecule has 0 bridgehead atoms. The maximum Gasteiger partial charge on any atom is 0.0922 e. The van der Waals surface area contributed by atoms with Crippen LogP contribution in [0.3, 0.4) is 0 Å². The molecule has 1 heteroatoms. The summed E-state index contributed by atoms with van der Waals surface area (Å²) in [6.45, 7) is 4.22. The van der Waals surface area contributed by atoms with E-state index in [4.69, 9.17) is 0 Å². The van der Waals surface area contributed by atoms with Crippen LogP contribution < -0.4 is 0 Å². The summed E-state index contributed by atoms with van der Waals surface area (Å²) in [5.74, 6) is 0.393. The Morgan fingerprint density at radius 3 is 2.79 bits per heavy atom. The van der Waals surface area contributed by atoms with E-state index in [1.807, 2.05) is 6.07 Å². The number of benzene rings is 1. The molecule has 0 aliphatic heterocycles. The summed E-state index contributed by atoms with van der Waals surface area (Å²) in [6, 6.07) is 8.27. The zero-order valence-corrected chi connectivity index (χ0v) is 8.96. The first-order valence-corrected chi connectivity index (χ1v) is 5.42. The summed E-state index contributed by atoms with van der Waals surface area (Å²) < 4.78 is 0. The van der Waals surface area contributed by atoms with Crippen LogP contribution in [-0.2, 0) is 5.60 Å². The van der Waals surface area contributed by atoms with Gasteiger partial charge in [-0.05, 0) is 37.7 Å². The van der Waals surface area contributed by atoms with Crippen LogP contribution >= 0.6 is 0 Å². The van der Waals surface area contributed by atoms with Gasteiger partial charge in [-0.3, -0.25) is 0 Å². The summed E-state index contributed by atoms with van der Waals surface area (Å²) >= 11 is 0. The Labute approximate surface area is 85.8 Å². The average Bonchev–Trinajstić information content (AvgIpc) is 2.49. The van der Waals surface area contributed by atoms with Crippen molar-refractivity contribution < 1.29 is 5.11 Å². The van der Waals surface area contributed by atoms with Crippen LogP contribution in [0.1, 0.15) is 37.3 Å². The van der Waals surface area contributed by atoms with Gasteiger partial charge in [-0.25, -0.2) is 0 Å². The van der Waals surface area contributed by atoms with E-state index in [2.05, 4.69) is 32.0 Å². The van der Waals surface area contributed by atoms with Crippen molar-refractivity contribution in [2.75, 3.05) is 0 Å². The van der Waals surface area contributed by atoms with Crippen LogP contribution in [0.2, 0.25) is 0 Å². The number of aliphatic hydroxyl groups is 1. The highest BCUT2D eigenvalue weighted by molar-refractivity contribution is 5.28. The van der Waals surface area contributed by atoms with E-state index < -0.39 is 5.60 Å². The van der Waals surface area contributed by atoms with E-state index in [9.17, 15) is 5.11 Å². The molecule has 14 heavy (non-hydrogen) atoms. The third-order valence-electron chi connectivity index (χ3n) is 3.53. The highest BCUT2D eigenvalue weighted by Crippen LogP contribution is 2.43. The van der Waals surface area contributed by atoms with Gasteiger partial charge < -0.3 is 5.11 Å². The molecular weight excluding hydrogens is 172 g/mol. The molecule has 1 nitrogen and oxygen atoms in total. The molecule has 2 atom stereocenters. The standard InChI is InChI=1S/C13H18O/c1-10-5-3-7-12(9-10)13(14)8-4-6-11(13)2/h3,5,7,9,11,14H,4,6,8H2,1-2H3. The van der Waals surface area contributed by atoms with Crippen LogP contribution in [-0.4, -0.2) is 5.11 Å². The Morgan fingerprint density at radius 1 is 1.43 bits per heavy atom. The highest BCUT2D eigenvalue weighted by Gasteiger charge is 2.39. The van der Waals surface area contributed by atoms with Crippen LogP contribution in [0.15, 0.2) is 24.3 Å². The number of rotatable bonds is 1. The molecule has 0 heterocycles. The van der Waals surface area contributed by atoms with Gasteiger partial charge in [0, 0.05) is 0 Å². The van der Waals surface area contributed by atoms with Gasteiger partial charge in [-0.15, -0.1) is 0 Å². The lowest BCUT2D eigenvalue weighted by atomic mass is 9.84. The Balaban J connectivity index is 2.38. The van der Waals surface area contributed by atoms with E-state index in [1.165, 1.54) is 5.56 Å². The smallest absolute Gasteiger partial charge is 0.0922 e. The molecule has 1 fully saturated rings. The van der Waals surface area contributed by atoms with Crippen molar-refractivity contribution in [2.24, 2.45) is 5.92 Å². The lowest BCUT2D eigenvalue weighted by Crippen LogP contribution is -2.28. The normalized spacial score (nSPS) is 32.1. The molecule has 1 aliphatic rings. The molecule has 0 amide bonds. The van der Waals surface area contributed by atoms with Gasteiger partial charge in [0.1, 0.15) is 0 Å². The molecule has 1 aromatic carbocycles. The number of hydrogen-bond donors (Lipinski definition) is 1. The number of hydrogen-bond acceptors (Lipinski definition) is 1. The van der Waals surface area contributed by atoms with Crippen molar-refractivity contribution in [3.63, 3.8) is 0 Å². The minimum Gasteiger partial charge on any atom is -0.385 e. The summed E-state index contributed by atoms with van der Waals surface area (Å²) in [6.07, 6.45) is 3.20. The second kappa shape index (κ2) is 3.39. The minimum absolute atomic E-state index is 0.393. The van der Waals surface area contributed by atoms with E-state index in [0.717, 1.165) is 24.8 Å². The Hall–Kier alpha value is -0.820. The molecule has 2 rings (SSSR count). The maximum absolute atomic E-state index is 10.6. The second-order valence-corrected chi connectivity index (χ2v) is 4.59. The average molecular weight is 190 g/mol. The van der Waals surface area contributed by atoms with Gasteiger partial charge in [0.25, 0.3) is 0 Å². The Morgan fingerprint density at radius 2 is 2.21 bits per heavy atom. The van der Waals surface area contributed by atoms with Gasteiger partial charge in [0.15, 0.2) is 0 Å². The SMILES string of the molecule is Cc1cccc(C2(O)CCCC2C)c1. The van der Waals surface area contributed by atoms with Crippen molar-refractivity contribution in [1.29, 1.82) is 0 Å². The maximum atomic E-state index is 10.6. The molecular formula is C13H18O. The van der Waals surface area contributed by atoms with Gasteiger partial charge in [-0.2, -0.15) is 0 Å². The molecule has 1 aliphatic carbocycles. The van der Waals surface area contributed by atoms with Crippen molar-refractivity contribution in [2.45, 2.75) is 38.7 Å². The first-order valence-electron chi connectivity index (χ1n) is 5.42. The molecule has 1 N–H and O–H groups in total. The fraction of sp³-hybridized carbons (Fsp3) is 0.538. The molecule has 2 unspecified atom stereocenters. The quantitative estimate of drug-likeness (QED) is 0.721. The molecule has 1 saturated carbocycles. The van der Waals surface area contributed by atoms with Crippen LogP contribution in [0.25, 0.3) is 0 Å². The zero-order valence-electron chi connectivity index (χ0n) is 8.96. The molecule has 76 valence electrons. The third-order valence-corrected chi connectivity index (χ3v) is 3.53. The fourth-order valence-electron chi connectivity index (χ4n) is 2.51. The zero-order chi connectivity index (χ0) is 10.2. The second-order valence-electron chi connectivity index (χ2n) is 4.59. The predicted octanol–water partition coefficient (Wildman–Crippen LogP) is 3.00. The summed E-state index contributed by atoms with van der Waals surface area (Å²) in [5, 5.41) is 10.6. The van der Waals surface area contributed by atoms with Crippen LogP contribution in [0.5, 0.6) is 0 Å². The van der Waals surface area contributed by atoms with Crippen molar-refractivity contribution in [3.05, 3.63) is 35.4 Å². The van der Waals surface area contributed by atoms with Gasteiger partial charge in [0.05, 0.1) is 5.60 Å². The van der Waals surface area contributed by atoms with E-state index in [0.29, 0.717) is 5.92 Å². The lowest BCUT2D eigenvalue weighted by Gasteiger charge is -2.28. The molecule has 0 spiro atoms. The van der Waals surface area contributed by atoms with Crippen molar-refractivity contribution >= 4 is 0 Å². The monoisotopic (exact) mass is 190 g/mol. The number of aryl methyl sites for hydroxylation is 1. The summed E-state index contributed by atoms with van der Waals surface area (Å²) in [4.78, 5) is 0. The molecule has 1 aromatic rings. The summed E-state index contributed by atoms with van der Waals surface area (Å²) in [7, 11) is 0. The van der Waals surface area contributed by atoms with Gasteiger partial charge in [0.2, 0.25) is 0 Å². The Kier molecular flexibility index (Phi) is 2.36. The molecule has 0 saturated heterocycles. The largest absolute Gasteiger partial charge is 0.385 e. The lowest BCUT2D eigenvalue weighted by molar-refractivity contribution is 0.00444. The van der Waals surface area contributed by atoms with Crippen LogP contribution in [0, 0.1) is 12.8 Å². The van der Waals surface area contributed by atoms with Gasteiger partial charge >= 0.3 is 0 Å². The first kappa shape index (κ1) is 9.72. The van der Waals surface area contributed by atoms with E-state index in [1.54, 1.807) is 0 Å². The summed E-state index contributed by atoms with van der Waals surface area (Å²) in [5.41, 5.74) is 1.77. The van der Waals surface area contributed by atoms with E-state index >= 15 is 0 Å². The van der Waals surface area contributed by atoms with E-state index in [-0.39, 0.29) is 0 Å². The fourth-order valence-corrected chi connectivity index (χ4v) is 2.51. The van der Waals surface area contributed by atoms with Gasteiger partial charge in [-0.1, -0.05) is 36.8 Å². The minimum atomic E-state index is -0.563. The third kappa shape index (κ3) is 1.46. The molecule has 0 aromatic heterocycles. The Bertz CT molecular complexity index is 332. The first-order chi connectivity index (χ1) is 6.63. The topological polar surface area (TPSA) is 20.2 Å². The highest BCUT2D eigenvalue weighted by atomic mass is 16.3. The molecule has 0 radical (unpaired) electrons. The van der Waals surface area contributed by atoms with Crippen LogP contribution in [0.4, 0.5) is 0 Å².